The van der Waals surface area contributed by atoms with Gasteiger partial charge in [0, 0.05) is 47.0 Å². The number of sulfonamides is 1. The highest BCUT2D eigenvalue weighted by molar-refractivity contribution is 7.92. The van der Waals surface area contributed by atoms with E-state index in [4.69, 9.17) is 4.74 Å². The monoisotopic (exact) mass is 535 g/mol. The van der Waals surface area contributed by atoms with Crippen LogP contribution in [-0.4, -0.2) is 41.3 Å². The molecule has 198 valence electrons. The number of rotatable bonds is 7. The summed E-state index contributed by atoms with van der Waals surface area (Å²) < 4.78 is 33.2. The average molecular weight is 536 g/mol. The molecular formula is C27H29N5O5S. The van der Waals surface area contributed by atoms with E-state index in [1.165, 1.54) is 16.8 Å². The number of nitrogens with one attached hydrogen (secondary N) is 3. The van der Waals surface area contributed by atoms with Crippen molar-refractivity contribution in [3.8, 4) is 22.8 Å². The van der Waals surface area contributed by atoms with Crippen molar-refractivity contribution in [2.75, 3.05) is 18.1 Å². The van der Waals surface area contributed by atoms with E-state index in [1.807, 2.05) is 39.0 Å². The predicted octanol–water partition coefficient (Wildman–Crippen LogP) is 3.76. The minimum atomic E-state index is -3.46. The van der Waals surface area contributed by atoms with Gasteiger partial charge in [0.05, 0.1) is 19.1 Å². The molecule has 4 aromatic rings. The van der Waals surface area contributed by atoms with E-state index in [1.54, 1.807) is 43.8 Å². The number of hydrogen-bond donors (Lipinski definition) is 3. The lowest BCUT2D eigenvalue weighted by molar-refractivity contribution is 0.396. The molecule has 0 bridgehead atoms. The predicted molar refractivity (Wildman–Crippen MR) is 149 cm³/mol. The first kappa shape index (κ1) is 26.7. The van der Waals surface area contributed by atoms with E-state index in [9.17, 15) is 18.0 Å². The van der Waals surface area contributed by atoms with Gasteiger partial charge in [-0.15, -0.1) is 0 Å². The van der Waals surface area contributed by atoms with Crippen LogP contribution in [0.1, 0.15) is 37.5 Å². The van der Waals surface area contributed by atoms with E-state index in [0.29, 0.717) is 34.1 Å². The minimum Gasteiger partial charge on any atom is -0.496 e. The lowest BCUT2D eigenvalue weighted by Gasteiger charge is -2.25. The van der Waals surface area contributed by atoms with Crippen molar-refractivity contribution < 1.29 is 13.2 Å². The molecule has 0 aliphatic carbocycles. The Balaban J connectivity index is 1.89. The number of methoxy groups -OCH3 is 1. The summed E-state index contributed by atoms with van der Waals surface area (Å²) in [7, 11) is -1.87. The van der Waals surface area contributed by atoms with Crippen LogP contribution in [0.5, 0.6) is 5.75 Å². The van der Waals surface area contributed by atoms with Crippen LogP contribution >= 0.6 is 0 Å². The van der Waals surface area contributed by atoms with E-state index in [2.05, 4.69) is 19.7 Å². The van der Waals surface area contributed by atoms with E-state index >= 15 is 0 Å². The third kappa shape index (κ3) is 5.94. The van der Waals surface area contributed by atoms with Gasteiger partial charge in [-0.1, -0.05) is 39.0 Å². The van der Waals surface area contributed by atoms with Crippen LogP contribution in [-0.2, 0) is 15.4 Å². The Morgan fingerprint density at radius 3 is 2.39 bits per heavy atom. The van der Waals surface area contributed by atoms with Crippen molar-refractivity contribution in [2.24, 2.45) is 0 Å². The number of nitrogens with zero attached hydrogens (tertiary/aromatic N) is 2. The Kier molecular flexibility index (Phi) is 7.14. The molecule has 2 aromatic carbocycles. The summed E-state index contributed by atoms with van der Waals surface area (Å²) in [6, 6.07) is 10.1. The SMILES string of the molecule is COc1c(C=Cc2ccc(NS(C)(=O)=O)cc2-c2ncc[nH]2)cc(-n2ccc(=O)[nH]c2=O)cc1C(C)(C)C. The highest BCUT2D eigenvalue weighted by Crippen LogP contribution is 2.37. The Morgan fingerprint density at radius 1 is 1.05 bits per heavy atom. The van der Waals surface area contributed by atoms with Crippen LogP contribution in [0, 0.1) is 0 Å². The van der Waals surface area contributed by atoms with Crippen LogP contribution in [0.2, 0.25) is 0 Å². The number of hydrogen-bond acceptors (Lipinski definition) is 6. The number of benzene rings is 2. The van der Waals surface area contributed by atoms with Crippen molar-refractivity contribution in [1.82, 2.24) is 19.5 Å². The number of aromatic amines is 2. The first-order chi connectivity index (χ1) is 17.9. The molecule has 38 heavy (non-hydrogen) atoms. The number of anilines is 1. The van der Waals surface area contributed by atoms with Gasteiger partial charge in [-0.3, -0.25) is 19.1 Å². The number of ether oxygens (including phenoxy) is 1. The van der Waals surface area contributed by atoms with Gasteiger partial charge in [-0.05, 0) is 35.2 Å². The standard InChI is InChI=1S/C27H29N5O5S/c1-27(2,3)22-16-20(32-13-10-23(33)30-26(32)34)14-18(24(22)37-4)7-6-17-8-9-19(31-38(5,35)36)15-21(17)25-28-11-12-29-25/h6-16,31H,1-5H3,(H,28,29)(H,30,33,34). The first-order valence-electron chi connectivity index (χ1n) is 11.7. The van der Waals surface area contributed by atoms with Crippen molar-refractivity contribution in [1.29, 1.82) is 0 Å². The van der Waals surface area contributed by atoms with Crippen molar-refractivity contribution in [3.05, 3.63) is 92.5 Å². The molecule has 4 rings (SSSR count). The van der Waals surface area contributed by atoms with Crippen LogP contribution in [0.25, 0.3) is 29.2 Å². The molecule has 0 radical (unpaired) electrons. The van der Waals surface area contributed by atoms with Gasteiger partial charge in [0.25, 0.3) is 5.56 Å². The molecular weight excluding hydrogens is 506 g/mol. The van der Waals surface area contributed by atoms with Gasteiger partial charge in [0.1, 0.15) is 11.6 Å². The molecule has 11 heteroatoms. The van der Waals surface area contributed by atoms with Gasteiger partial charge in [0.2, 0.25) is 10.0 Å². The third-order valence-electron chi connectivity index (χ3n) is 5.77. The smallest absolute Gasteiger partial charge is 0.332 e. The highest BCUT2D eigenvalue weighted by Gasteiger charge is 2.22. The Hall–Kier alpha value is -4.38. The van der Waals surface area contributed by atoms with Crippen molar-refractivity contribution in [3.63, 3.8) is 0 Å². The molecule has 0 fully saturated rings. The highest BCUT2D eigenvalue weighted by atomic mass is 32.2. The zero-order valence-electron chi connectivity index (χ0n) is 21.7. The molecule has 3 N–H and O–H groups in total. The third-order valence-corrected chi connectivity index (χ3v) is 6.38. The topological polar surface area (TPSA) is 139 Å². The Labute approximate surface area is 220 Å². The van der Waals surface area contributed by atoms with Crippen molar-refractivity contribution in [2.45, 2.75) is 26.2 Å². The lowest BCUT2D eigenvalue weighted by atomic mass is 9.84. The molecule has 2 heterocycles. The maximum atomic E-state index is 12.6. The van der Waals surface area contributed by atoms with Gasteiger partial charge in [-0.2, -0.15) is 0 Å². The fourth-order valence-corrected chi connectivity index (χ4v) is 4.64. The van der Waals surface area contributed by atoms with Crippen LogP contribution < -0.4 is 20.7 Å². The maximum absolute atomic E-state index is 12.6. The molecule has 2 aromatic heterocycles. The van der Waals surface area contributed by atoms with E-state index < -0.39 is 21.3 Å². The molecule has 0 spiro atoms. The van der Waals surface area contributed by atoms with Gasteiger partial charge >= 0.3 is 5.69 Å². The second kappa shape index (κ2) is 10.2. The fraction of sp³-hybridized carbons (Fsp3) is 0.222. The van der Waals surface area contributed by atoms with E-state index in [-0.39, 0.29) is 5.41 Å². The zero-order valence-corrected chi connectivity index (χ0v) is 22.5. The summed E-state index contributed by atoms with van der Waals surface area (Å²) in [4.78, 5) is 33.8. The normalized spacial score (nSPS) is 12.1. The fourth-order valence-electron chi connectivity index (χ4n) is 4.08. The molecule has 0 amide bonds. The molecule has 0 aliphatic heterocycles. The largest absolute Gasteiger partial charge is 0.496 e. The van der Waals surface area contributed by atoms with Crippen LogP contribution in [0.15, 0.2) is 64.6 Å². The minimum absolute atomic E-state index is 0.325. The first-order valence-corrected chi connectivity index (χ1v) is 13.6. The quantitative estimate of drug-likeness (QED) is 0.308. The summed E-state index contributed by atoms with van der Waals surface area (Å²) in [5, 5.41) is 0. The second-order valence-corrected chi connectivity index (χ2v) is 11.5. The Morgan fingerprint density at radius 2 is 1.79 bits per heavy atom. The second-order valence-electron chi connectivity index (χ2n) is 9.79. The summed E-state index contributed by atoms with van der Waals surface area (Å²) in [5.41, 5.74) is 2.65. The van der Waals surface area contributed by atoms with Gasteiger partial charge in [-0.25, -0.2) is 18.2 Å². The molecule has 10 nitrogen and oxygen atoms in total. The average Bonchev–Trinajstić information content (AvgIpc) is 3.36. The maximum Gasteiger partial charge on any atom is 0.332 e. The summed E-state index contributed by atoms with van der Waals surface area (Å²) in [6.07, 6.45) is 9.55. The number of H-pyrrole nitrogens is 2. The summed E-state index contributed by atoms with van der Waals surface area (Å²) >= 11 is 0. The molecule has 0 saturated heterocycles. The van der Waals surface area contributed by atoms with Gasteiger partial charge in [0.15, 0.2) is 0 Å². The van der Waals surface area contributed by atoms with Crippen LogP contribution in [0.3, 0.4) is 0 Å². The van der Waals surface area contributed by atoms with E-state index in [0.717, 1.165) is 17.4 Å². The van der Waals surface area contributed by atoms with Crippen molar-refractivity contribution >= 4 is 27.9 Å². The number of imidazole rings is 1. The molecule has 0 unspecified atom stereocenters. The number of aromatic nitrogens is 4. The van der Waals surface area contributed by atoms with Crippen LogP contribution in [0.4, 0.5) is 5.69 Å². The summed E-state index contributed by atoms with van der Waals surface area (Å²) in [6.45, 7) is 6.13. The molecule has 0 saturated carbocycles. The zero-order chi connectivity index (χ0) is 27.7. The molecule has 0 aliphatic rings. The lowest BCUT2D eigenvalue weighted by Crippen LogP contribution is -2.28. The summed E-state index contributed by atoms with van der Waals surface area (Å²) in [5.74, 6) is 1.21. The Bertz CT molecular complexity index is 1730. The molecule has 0 atom stereocenters. The van der Waals surface area contributed by atoms with Gasteiger partial charge < -0.3 is 9.72 Å².